The monoisotopic (exact) mass is 492 g/mol. The third-order valence-corrected chi connectivity index (χ3v) is 7.63. The van der Waals surface area contributed by atoms with E-state index in [4.69, 9.17) is 9.47 Å². The van der Waals surface area contributed by atoms with Gasteiger partial charge in [-0.25, -0.2) is 0 Å². The quantitative estimate of drug-likeness (QED) is 0.635. The van der Waals surface area contributed by atoms with Crippen LogP contribution in [0.2, 0.25) is 0 Å². The standard InChI is InChI=1S/C28H36N4O4/c1-20-6-11-29-17-26(20)32-18-22(19-32)28(34)30-23-2-4-24(5-3-23)36-25-7-12-31(13-8-25)27(33)16-21-9-14-35-15-10-21/h2-6,11,17,21-22,25H,7-10,12-16,18-19H2,1H3,(H,30,34). The molecule has 3 fully saturated rings. The molecular weight excluding hydrogens is 456 g/mol. The summed E-state index contributed by atoms with van der Waals surface area (Å²) in [5.74, 6) is 1.54. The van der Waals surface area contributed by atoms with Gasteiger partial charge in [0.25, 0.3) is 0 Å². The highest BCUT2D eigenvalue weighted by atomic mass is 16.5. The van der Waals surface area contributed by atoms with Gasteiger partial charge in [-0.05, 0) is 61.6 Å². The number of hydrogen-bond donors (Lipinski definition) is 1. The predicted octanol–water partition coefficient (Wildman–Crippen LogP) is 3.65. The van der Waals surface area contributed by atoms with Gasteiger partial charge in [-0.2, -0.15) is 0 Å². The molecule has 3 aliphatic rings. The average Bonchev–Trinajstić information content (AvgIpc) is 2.86. The summed E-state index contributed by atoms with van der Waals surface area (Å²) in [6, 6.07) is 9.58. The van der Waals surface area contributed by atoms with Crippen molar-refractivity contribution in [2.75, 3.05) is 49.6 Å². The molecule has 4 heterocycles. The number of hydrogen-bond acceptors (Lipinski definition) is 6. The molecule has 36 heavy (non-hydrogen) atoms. The average molecular weight is 493 g/mol. The minimum Gasteiger partial charge on any atom is -0.490 e. The molecule has 0 saturated carbocycles. The molecule has 1 N–H and O–H groups in total. The lowest BCUT2D eigenvalue weighted by molar-refractivity contribution is -0.134. The number of likely N-dealkylation sites (tertiary alicyclic amines) is 1. The zero-order chi connectivity index (χ0) is 24.9. The normalized spacial score (nSPS) is 19.6. The molecule has 0 atom stereocenters. The summed E-state index contributed by atoms with van der Waals surface area (Å²) in [5.41, 5.74) is 3.04. The molecule has 8 nitrogen and oxygen atoms in total. The molecule has 0 spiro atoms. The van der Waals surface area contributed by atoms with Crippen molar-refractivity contribution in [1.29, 1.82) is 0 Å². The van der Waals surface area contributed by atoms with E-state index in [0.717, 1.165) is 69.1 Å². The number of aromatic nitrogens is 1. The van der Waals surface area contributed by atoms with E-state index in [1.54, 1.807) is 6.20 Å². The molecule has 0 unspecified atom stereocenters. The second-order valence-electron chi connectivity index (χ2n) is 10.2. The van der Waals surface area contributed by atoms with Gasteiger partial charge in [-0.1, -0.05) is 0 Å². The number of benzene rings is 1. The molecule has 192 valence electrons. The molecule has 8 heteroatoms. The fraction of sp³-hybridized carbons (Fsp3) is 0.536. The minimum atomic E-state index is -0.0279. The topological polar surface area (TPSA) is 84.0 Å². The van der Waals surface area contributed by atoms with E-state index in [2.05, 4.69) is 22.1 Å². The van der Waals surface area contributed by atoms with Crippen molar-refractivity contribution in [2.24, 2.45) is 11.8 Å². The number of nitrogens with one attached hydrogen (secondary N) is 1. The highest BCUT2D eigenvalue weighted by Crippen LogP contribution is 2.28. The van der Waals surface area contributed by atoms with E-state index in [9.17, 15) is 9.59 Å². The van der Waals surface area contributed by atoms with Gasteiger partial charge >= 0.3 is 0 Å². The number of carbonyl (C=O) groups is 2. The van der Waals surface area contributed by atoms with Crippen LogP contribution in [0.4, 0.5) is 11.4 Å². The number of carbonyl (C=O) groups excluding carboxylic acids is 2. The zero-order valence-corrected chi connectivity index (χ0v) is 21.0. The Morgan fingerprint density at radius 2 is 1.78 bits per heavy atom. The minimum absolute atomic E-state index is 0.0279. The summed E-state index contributed by atoms with van der Waals surface area (Å²) < 4.78 is 11.6. The van der Waals surface area contributed by atoms with Gasteiger partial charge in [0.2, 0.25) is 11.8 Å². The van der Waals surface area contributed by atoms with E-state index in [1.165, 1.54) is 5.56 Å². The smallest absolute Gasteiger partial charge is 0.231 e. The van der Waals surface area contributed by atoms with Crippen LogP contribution < -0.4 is 15.0 Å². The van der Waals surface area contributed by atoms with Gasteiger partial charge < -0.3 is 24.6 Å². The van der Waals surface area contributed by atoms with Crippen LogP contribution in [0.5, 0.6) is 5.75 Å². The number of anilines is 2. The number of aryl methyl sites for hydroxylation is 1. The third-order valence-electron chi connectivity index (χ3n) is 7.63. The SMILES string of the molecule is Cc1ccncc1N1CC(C(=O)Nc2ccc(OC3CCN(C(=O)CC4CCOCC4)CC3)cc2)C1. The Bertz CT molecular complexity index is 1040. The predicted molar refractivity (Wildman–Crippen MR) is 138 cm³/mol. The first-order valence-corrected chi connectivity index (χ1v) is 13.1. The maximum Gasteiger partial charge on any atom is 0.231 e. The van der Waals surface area contributed by atoms with Crippen LogP contribution in [-0.2, 0) is 14.3 Å². The zero-order valence-electron chi connectivity index (χ0n) is 21.0. The molecule has 0 bridgehead atoms. The van der Waals surface area contributed by atoms with Gasteiger partial charge in [-0.3, -0.25) is 14.6 Å². The number of amides is 2. The van der Waals surface area contributed by atoms with Gasteiger partial charge in [0.1, 0.15) is 11.9 Å². The fourth-order valence-corrected chi connectivity index (χ4v) is 5.23. The first-order chi connectivity index (χ1) is 17.5. The summed E-state index contributed by atoms with van der Waals surface area (Å²) in [6.45, 7) is 6.52. The molecule has 0 aliphatic carbocycles. The Balaban J connectivity index is 1.03. The second kappa shape index (κ2) is 11.3. The van der Waals surface area contributed by atoms with Crippen molar-refractivity contribution in [1.82, 2.24) is 9.88 Å². The van der Waals surface area contributed by atoms with Gasteiger partial charge in [0.15, 0.2) is 0 Å². The maximum absolute atomic E-state index is 12.6. The number of ether oxygens (including phenoxy) is 2. The third kappa shape index (κ3) is 5.98. The van der Waals surface area contributed by atoms with Crippen molar-refractivity contribution in [2.45, 2.75) is 45.1 Å². The molecular formula is C28H36N4O4. The first-order valence-electron chi connectivity index (χ1n) is 13.1. The van der Waals surface area contributed by atoms with Crippen molar-refractivity contribution in [3.63, 3.8) is 0 Å². The van der Waals surface area contributed by atoms with E-state index in [-0.39, 0.29) is 23.8 Å². The molecule has 3 aliphatic heterocycles. The Morgan fingerprint density at radius 3 is 2.47 bits per heavy atom. The van der Waals surface area contributed by atoms with E-state index >= 15 is 0 Å². The van der Waals surface area contributed by atoms with Crippen LogP contribution in [0.25, 0.3) is 0 Å². The largest absolute Gasteiger partial charge is 0.490 e. The maximum atomic E-state index is 12.6. The van der Waals surface area contributed by atoms with Gasteiger partial charge in [0.05, 0.1) is 17.8 Å². The van der Waals surface area contributed by atoms with E-state index in [1.807, 2.05) is 41.4 Å². The Morgan fingerprint density at radius 1 is 1.06 bits per heavy atom. The molecule has 2 amide bonds. The second-order valence-corrected chi connectivity index (χ2v) is 10.2. The number of pyridine rings is 1. The van der Waals surface area contributed by atoms with E-state index < -0.39 is 0 Å². The lowest BCUT2D eigenvalue weighted by Crippen LogP contribution is -2.52. The lowest BCUT2D eigenvalue weighted by atomic mass is 9.95. The summed E-state index contributed by atoms with van der Waals surface area (Å²) >= 11 is 0. The summed E-state index contributed by atoms with van der Waals surface area (Å²) in [6.07, 6.45) is 8.06. The molecule has 1 aromatic heterocycles. The van der Waals surface area contributed by atoms with Crippen molar-refractivity contribution in [3.05, 3.63) is 48.3 Å². The Kier molecular flexibility index (Phi) is 7.70. The lowest BCUT2D eigenvalue weighted by Gasteiger charge is -2.40. The highest BCUT2D eigenvalue weighted by molar-refractivity contribution is 5.94. The first kappa shape index (κ1) is 24.6. The fourth-order valence-electron chi connectivity index (χ4n) is 5.23. The molecule has 3 saturated heterocycles. The molecule has 5 rings (SSSR count). The molecule has 2 aromatic rings. The van der Waals surface area contributed by atoms with Crippen molar-refractivity contribution >= 4 is 23.2 Å². The van der Waals surface area contributed by atoms with E-state index in [0.29, 0.717) is 25.4 Å². The highest BCUT2D eigenvalue weighted by Gasteiger charge is 2.33. The molecule has 1 aromatic carbocycles. The Hall–Kier alpha value is -3.13. The van der Waals surface area contributed by atoms with Crippen LogP contribution in [0.1, 0.15) is 37.7 Å². The van der Waals surface area contributed by atoms with Gasteiger partial charge in [0, 0.05) is 70.5 Å². The number of nitrogens with zero attached hydrogens (tertiary/aromatic N) is 3. The van der Waals surface area contributed by atoms with Crippen LogP contribution in [0.3, 0.4) is 0 Å². The van der Waals surface area contributed by atoms with Gasteiger partial charge in [-0.15, -0.1) is 0 Å². The molecule has 0 radical (unpaired) electrons. The summed E-state index contributed by atoms with van der Waals surface area (Å²) in [4.78, 5) is 33.7. The Labute approximate surface area is 213 Å². The number of piperidine rings is 1. The van der Waals surface area contributed by atoms with Crippen molar-refractivity contribution in [3.8, 4) is 5.75 Å². The number of rotatable bonds is 7. The van der Waals surface area contributed by atoms with Crippen molar-refractivity contribution < 1.29 is 19.1 Å². The summed E-state index contributed by atoms with van der Waals surface area (Å²) in [5, 5.41) is 3.02. The van der Waals surface area contributed by atoms with Crippen LogP contribution in [0, 0.1) is 18.8 Å². The van der Waals surface area contributed by atoms with Crippen LogP contribution >= 0.6 is 0 Å². The summed E-state index contributed by atoms with van der Waals surface area (Å²) in [7, 11) is 0. The van der Waals surface area contributed by atoms with Crippen LogP contribution in [0.15, 0.2) is 42.7 Å². The van der Waals surface area contributed by atoms with Crippen LogP contribution in [-0.4, -0.2) is 67.2 Å².